The first-order valence-electron chi connectivity index (χ1n) is 7.05. The number of anilines is 1. The van der Waals surface area contributed by atoms with E-state index in [-0.39, 0.29) is 23.8 Å². The van der Waals surface area contributed by atoms with E-state index in [0.717, 1.165) is 5.69 Å². The van der Waals surface area contributed by atoms with Gasteiger partial charge in [-0.25, -0.2) is 10.8 Å². The average molecular weight is 291 g/mol. The van der Waals surface area contributed by atoms with Crippen LogP contribution in [0.3, 0.4) is 0 Å². The summed E-state index contributed by atoms with van der Waals surface area (Å²) in [5.41, 5.74) is 3.79. The van der Waals surface area contributed by atoms with Gasteiger partial charge in [0.15, 0.2) is 0 Å². The van der Waals surface area contributed by atoms with Crippen LogP contribution in [0.25, 0.3) is 0 Å². The molecule has 2 heterocycles. The lowest BCUT2D eigenvalue weighted by Gasteiger charge is -2.23. The zero-order chi connectivity index (χ0) is 15.4. The molecule has 7 heteroatoms. The standard InChI is InChI=1S/C14H21N5O2/c1-8(2)11-5-9(6-12(18-11)19-15)14(21)17-10-3-4-13(20)16-7-10/h5-6,8,10H,3-4,7,15H2,1-2H3,(H,16,20)(H,17,21)(H,18,19). The van der Waals surface area contributed by atoms with Crippen molar-refractivity contribution < 1.29 is 9.59 Å². The number of rotatable bonds is 4. The third-order valence-electron chi connectivity index (χ3n) is 3.45. The molecule has 0 saturated carbocycles. The molecule has 114 valence electrons. The molecule has 1 fully saturated rings. The molecule has 0 bridgehead atoms. The van der Waals surface area contributed by atoms with Gasteiger partial charge in [-0.05, 0) is 24.5 Å². The molecule has 7 nitrogen and oxygen atoms in total. The summed E-state index contributed by atoms with van der Waals surface area (Å²) in [7, 11) is 0. The second-order valence-electron chi connectivity index (χ2n) is 5.48. The zero-order valence-corrected chi connectivity index (χ0v) is 12.3. The fraction of sp³-hybridized carbons (Fsp3) is 0.500. The maximum Gasteiger partial charge on any atom is 0.251 e. The Hall–Kier alpha value is -2.15. The first-order valence-corrected chi connectivity index (χ1v) is 7.05. The quantitative estimate of drug-likeness (QED) is 0.477. The summed E-state index contributed by atoms with van der Waals surface area (Å²) < 4.78 is 0. The number of hydrogen-bond acceptors (Lipinski definition) is 5. The summed E-state index contributed by atoms with van der Waals surface area (Å²) in [6.45, 7) is 4.47. The van der Waals surface area contributed by atoms with E-state index in [1.807, 2.05) is 13.8 Å². The number of nitrogen functional groups attached to an aromatic ring is 1. The molecule has 2 rings (SSSR count). The van der Waals surface area contributed by atoms with Gasteiger partial charge in [-0.15, -0.1) is 0 Å². The Kier molecular flexibility index (Phi) is 4.74. The van der Waals surface area contributed by atoms with Crippen LogP contribution >= 0.6 is 0 Å². The highest BCUT2D eigenvalue weighted by molar-refractivity contribution is 5.95. The van der Waals surface area contributed by atoms with Gasteiger partial charge in [0.1, 0.15) is 5.82 Å². The molecule has 0 spiro atoms. The van der Waals surface area contributed by atoms with Gasteiger partial charge in [0.05, 0.1) is 0 Å². The van der Waals surface area contributed by atoms with Crippen LogP contribution in [0.5, 0.6) is 0 Å². The Morgan fingerprint density at radius 3 is 2.81 bits per heavy atom. The van der Waals surface area contributed by atoms with E-state index in [1.54, 1.807) is 12.1 Å². The van der Waals surface area contributed by atoms with E-state index < -0.39 is 0 Å². The summed E-state index contributed by atoms with van der Waals surface area (Å²) in [6, 6.07) is 3.34. The Bertz CT molecular complexity index is 534. The van der Waals surface area contributed by atoms with Gasteiger partial charge in [0, 0.05) is 30.3 Å². The van der Waals surface area contributed by atoms with Crippen LogP contribution < -0.4 is 21.9 Å². The number of aromatic nitrogens is 1. The third kappa shape index (κ3) is 3.91. The number of carbonyl (C=O) groups excluding carboxylic acids is 2. The fourth-order valence-electron chi connectivity index (χ4n) is 2.18. The number of hydrazine groups is 1. The molecule has 1 aliphatic heterocycles. The van der Waals surface area contributed by atoms with E-state index in [1.165, 1.54) is 0 Å². The van der Waals surface area contributed by atoms with Crippen LogP contribution in [0.4, 0.5) is 5.82 Å². The van der Waals surface area contributed by atoms with Gasteiger partial charge < -0.3 is 16.1 Å². The van der Waals surface area contributed by atoms with Crippen molar-refractivity contribution in [2.24, 2.45) is 5.84 Å². The summed E-state index contributed by atoms with van der Waals surface area (Å²) >= 11 is 0. The molecule has 1 saturated heterocycles. The number of amides is 2. The van der Waals surface area contributed by atoms with E-state index in [9.17, 15) is 9.59 Å². The smallest absolute Gasteiger partial charge is 0.251 e. The van der Waals surface area contributed by atoms with Crippen molar-refractivity contribution in [3.63, 3.8) is 0 Å². The monoisotopic (exact) mass is 291 g/mol. The highest BCUT2D eigenvalue weighted by atomic mass is 16.2. The lowest BCUT2D eigenvalue weighted by Crippen LogP contribution is -2.47. The highest BCUT2D eigenvalue weighted by Gasteiger charge is 2.21. The van der Waals surface area contributed by atoms with Gasteiger partial charge in [-0.2, -0.15) is 0 Å². The maximum atomic E-state index is 12.3. The largest absolute Gasteiger partial charge is 0.354 e. The first kappa shape index (κ1) is 15.2. The Morgan fingerprint density at radius 2 is 2.24 bits per heavy atom. The molecule has 1 unspecified atom stereocenters. The molecule has 1 atom stereocenters. The van der Waals surface area contributed by atoms with E-state index >= 15 is 0 Å². The first-order chi connectivity index (χ1) is 9.99. The normalized spacial score (nSPS) is 18.3. The highest BCUT2D eigenvalue weighted by Crippen LogP contribution is 2.17. The summed E-state index contributed by atoms with van der Waals surface area (Å²) in [6.07, 6.45) is 1.09. The molecule has 0 radical (unpaired) electrons. The van der Waals surface area contributed by atoms with Gasteiger partial charge >= 0.3 is 0 Å². The summed E-state index contributed by atoms with van der Waals surface area (Å²) in [5, 5.41) is 5.67. The van der Waals surface area contributed by atoms with Gasteiger partial charge in [0.25, 0.3) is 5.91 Å². The predicted molar refractivity (Wildman–Crippen MR) is 79.6 cm³/mol. The molecule has 1 aromatic rings. The number of piperidine rings is 1. The van der Waals surface area contributed by atoms with Crippen molar-refractivity contribution in [2.45, 2.75) is 38.6 Å². The molecule has 21 heavy (non-hydrogen) atoms. The Labute approximate surface area is 123 Å². The van der Waals surface area contributed by atoms with Crippen molar-refractivity contribution >= 4 is 17.6 Å². The lowest BCUT2D eigenvalue weighted by molar-refractivity contribution is -0.122. The van der Waals surface area contributed by atoms with Crippen molar-refractivity contribution in [1.82, 2.24) is 15.6 Å². The van der Waals surface area contributed by atoms with Crippen LogP contribution in [0.15, 0.2) is 12.1 Å². The maximum absolute atomic E-state index is 12.3. The van der Waals surface area contributed by atoms with Crippen LogP contribution in [0.1, 0.15) is 48.7 Å². The van der Waals surface area contributed by atoms with Crippen molar-refractivity contribution in [1.29, 1.82) is 0 Å². The van der Waals surface area contributed by atoms with Gasteiger partial charge in [-0.3, -0.25) is 9.59 Å². The SMILES string of the molecule is CC(C)c1cc(C(=O)NC2CCC(=O)NC2)cc(NN)n1. The van der Waals surface area contributed by atoms with Crippen molar-refractivity contribution in [2.75, 3.05) is 12.0 Å². The molecule has 0 aromatic carbocycles. The van der Waals surface area contributed by atoms with Gasteiger partial charge in [-0.1, -0.05) is 13.8 Å². The zero-order valence-electron chi connectivity index (χ0n) is 12.3. The second kappa shape index (κ2) is 6.53. The molecular formula is C14H21N5O2. The number of nitrogens with one attached hydrogen (secondary N) is 3. The molecule has 5 N–H and O–H groups in total. The van der Waals surface area contributed by atoms with Crippen LogP contribution in [-0.4, -0.2) is 29.4 Å². The number of hydrogen-bond donors (Lipinski definition) is 4. The van der Waals surface area contributed by atoms with Gasteiger partial charge in [0.2, 0.25) is 5.91 Å². The number of carbonyl (C=O) groups is 2. The fourth-order valence-corrected chi connectivity index (χ4v) is 2.18. The molecule has 1 aromatic heterocycles. The van der Waals surface area contributed by atoms with E-state index in [2.05, 4.69) is 21.0 Å². The predicted octanol–water partition coefficient (Wildman–Crippen LogP) is 0.499. The second-order valence-corrected chi connectivity index (χ2v) is 5.48. The lowest BCUT2D eigenvalue weighted by atomic mass is 10.0. The average Bonchev–Trinajstić information content (AvgIpc) is 2.49. The van der Waals surface area contributed by atoms with Crippen molar-refractivity contribution in [3.05, 3.63) is 23.4 Å². The number of nitrogens with two attached hydrogens (primary N) is 1. The summed E-state index contributed by atoms with van der Waals surface area (Å²) in [5.74, 6) is 5.90. The molecular weight excluding hydrogens is 270 g/mol. The van der Waals surface area contributed by atoms with E-state index in [4.69, 9.17) is 5.84 Å². The minimum atomic E-state index is -0.183. The molecule has 0 aliphatic carbocycles. The Balaban J connectivity index is 2.11. The van der Waals surface area contributed by atoms with Crippen LogP contribution in [0, 0.1) is 0 Å². The summed E-state index contributed by atoms with van der Waals surface area (Å²) in [4.78, 5) is 27.7. The van der Waals surface area contributed by atoms with Crippen molar-refractivity contribution in [3.8, 4) is 0 Å². The number of pyridine rings is 1. The Morgan fingerprint density at radius 1 is 1.48 bits per heavy atom. The third-order valence-corrected chi connectivity index (χ3v) is 3.45. The minimum absolute atomic E-state index is 0.0288. The van der Waals surface area contributed by atoms with E-state index in [0.29, 0.717) is 30.8 Å². The number of nitrogens with zero attached hydrogens (tertiary/aromatic N) is 1. The van der Waals surface area contributed by atoms with Crippen LogP contribution in [-0.2, 0) is 4.79 Å². The topological polar surface area (TPSA) is 109 Å². The molecule has 2 amide bonds. The van der Waals surface area contributed by atoms with Crippen LogP contribution in [0.2, 0.25) is 0 Å². The molecule has 1 aliphatic rings. The minimum Gasteiger partial charge on any atom is -0.354 e.